The van der Waals surface area contributed by atoms with Crippen molar-refractivity contribution in [2.24, 2.45) is 5.73 Å². The Morgan fingerprint density at radius 2 is 1.96 bits per heavy atom. The van der Waals surface area contributed by atoms with Gasteiger partial charge in [-0.15, -0.1) is 0 Å². The largest absolute Gasteiger partial charge is 0.367 e. The third-order valence-corrected chi connectivity index (χ3v) is 6.04. The average Bonchev–Trinajstić information content (AvgIpc) is 3.29. The molecule has 3 heterocycles. The van der Waals surface area contributed by atoms with Crippen LogP contribution in [0.1, 0.15) is 43.7 Å². The summed E-state index contributed by atoms with van der Waals surface area (Å²) in [6.45, 7) is 1.73. The van der Waals surface area contributed by atoms with Crippen LogP contribution in [0.25, 0.3) is 0 Å². The van der Waals surface area contributed by atoms with Gasteiger partial charge in [0, 0.05) is 31.2 Å². The first kappa shape index (κ1) is 20.3. The normalized spacial score (nSPS) is 20.0. The number of rotatable bonds is 4. The monoisotopic (exact) mass is 453 g/mol. The topological polar surface area (TPSA) is 115 Å². The van der Waals surface area contributed by atoms with Crippen molar-refractivity contribution >= 4 is 45.0 Å². The smallest absolute Gasteiger partial charge is 0.228 e. The summed E-state index contributed by atoms with van der Waals surface area (Å²) >= 11 is 9.99. The Kier molecular flexibility index (Phi) is 6.52. The van der Waals surface area contributed by atoms with Crippen molar-refractivity contribution in [3.63, 3.8) is 0 Å². The second-order valence-corrected chi connectivity index (χ2v) is 8.25. The third-order valence-electron chi connectivity index (χ3n) is 5.15. The molecule has 1 saturated carbocycles. The predicted octanol–water partition coefficient (Wildman–Crippen LogP) is 4.39. The average molecular weight is 455 g/mol. The highest BCUT2D eigenvalue weighted by atomic mass is 79.9. The van der Waals surface area contributed by atoms with E-state index in [4.69, 9.17) is 22.3 Å². The number of nitrogens with two attached hydrogens (primary N) is 1. The van der Waals surface area contributed by atoms with Crippen molar-refractivity contribution in [3.05, 3.63) is 33.6 Å². The summed E-state index contributed by atoms with van der Waals surface area (Å²) in [6, 6.07) is 4.09. The van der Waals surface area contributed by atoms with Crippen LogP contribution in [0.2, 0.25) is 5.15 Å². The molecule has 1 aliphatic carbocycles. The number of pyridine rings is 1. The van der Waals surface area contributed by atoms with Crippen LogP contribution < -0.4 is 22.1 Å². The molecule has 1 unspecified atom stereocenters. The summed E-state index contributed by atoms with van der Waals surface area (Å²) in [7, 11) is 0. The van der Waals surface area contributed by atoms with Gasteiger partial charge in [0.15, 0.2) is 5.15 Å². The molecule has 2 fully saturated rings. The number of aromatic nitrogens is 3. The minimum absolute atomic E-state index is 0. The van der Waals surface area contributed by atoms with E-state index >= 15 is 0 Å². The predicted molar refractivity (Wildman–Crippen MR) is 113 cm³/mol. The molecule has 0 amide bonds. The number of halogens is 2. The Morgan fingerprint density at radius 1 is 1.19 bits per heavy atom. The Balaban J connectivity index is 0.00000210. The van der Waals surface area contributed by atoms with E-state index in [0.29, 0.717) is 22.8 Å². The Hall–Kier alpha value is -1.48. The summed E-state index contributed by atoms with van der Waals surface area (Å²) < 4.78 is 0.974. The van der Waals surface area contributed by atoms with E-state index in [0.717, 1.165) is 35.4 Å². The van der Waals surface area contributed by atoms with Gasteiger partial charge in [0.1, 0.15) is 5.82 Å². The Morgan fingerprint density at radius 3 is 2.63 bits per heavy atom. The highest BCUT2D eigenvalue weighted by Crippen LogP contribution is 2.37. The van der Waals surface area contributed by atoms with E-state index in [2.05, 4.69) is 36.1 Å². The van der Waals surface area contributed by atoms with Crippen LogP contribution in [0, 0.1) is 0 Å². The van der Waals surface area contributed by atoms with Crippen LogP contribution in [0.3, 0.4) is 0 Å². The summed E-state index contributed by atoms with van der Waals surface area (Å²) in [5, 5.41) is 3.65. The van der Waals surface area contributed by atoms with Gasteiger partial charge in [-0.3, -0.25) is 0 Å². The fraction of sp³-hybridized carbons (Fsp3) is 0.500. The van der Waals surface area contributed by atoms with Gasteiger partial charge in [0.2, 0.25) is 5.95 Å². The van der Waals surface area contributed by atoms with Crippen molar-refractivity contribution < 1.29 is 0 Å². The molecule has 4 rings (SSSR count). The van der Waals surface area contributed by atoms with Crippen LogP contribution in [-0.4, -0.2) is 34.1 Å². The number of hydrogen-bond acceptors (Lipinski definition) is 7. The zero-order valence-corrected chi connectivity index (χ0v) is 17.5. The van der Waals surface area contributed by atoms with E-state index in [-0.39, 0.29) is 12.2 Å². The maximum absolute atomic E-state index is 6.40. The first-order valence-electron chi connectivity index (χ1n) is 9.06. The third kappa shape index (κ3) is 4.51. The van der Waals surface area contributed by atoms with Gasteiger partial charge in [-0.2, -0.15) is 0 Å². The molecule has 0 radical (unpaired) electrons. The number of anilines is 3. The van der Waals surface area contributed by atoms with Crippen molar-refractivity contribution in [3.8, 4) is 0 Å². The zero-order chi connectivity index (χ0) is 18.1. The molecule has 0 bridgehead atoms. The summed E-state index contributed by atoms with van der Waals surface area (Å²) in [6.07, 6.45) is 7.69. The lowest BCUT2D eigenvalue weighted by molar-refractivity contribution is 0.691. The fourth-order valence-electron chi connectivity index (χ4n) is 3.78. The zero-order valence-electron chi connectivity index (χ0n) is 15.2. The number of nitrogens with one attached hydrogen (secondary N) is 1. The molecule has 7 nitrogen and oxygen atoms in total. The van der Waals surface area contributed by atoms with Crippen molar-refractivity contribution in [2.75, 3.05) is 23.3 Å². The van der Waals surface area contributed by atoms with E-state index < -0.39 is 0 Å². The Labute approximate surface area is 172 Å². The quantitative estimate of drug-likeness (QED) is 0.587. The van der Waals surface area contributed by atoms with Gasteiger partial charge in [0.25, 0.3) is 0 Å². The standard InChI is InChI=1S/C18H22BrClN6.H3N/c19-13-9-22-18(25-16(13)11-3-1-2-4-11)24-15-6-5-14(17(20)23-15)26-8-7-12(21)10-26;/h5-6,9,11-12H,1-4,7-8,10,21H2,(H,22,23,24,25);1H3. The Bertz CT molecular complexity index is 797. The van der Waals surface area contributed by atoms with Gasteiger partial charge in [-0.1, -0.05) is 24.4 Å². The first-order chi connectivity index (χ1) is 12.6. The van der Waals surface area contributed by atoms with E-state index in [1.54, 1.807) is 0 Å². The highest BCUT2D eigenvalue weighted by Gasteiger charge is 2.23. The van der Waals surface area contributed by atoms with Crippen LogP contribution in [-0.2, 0) is 0 Å². The molecule has 9 heteroatoms. The first-order valence-corrected chi connectivity index (χ1v) is 10.2. The van der Waals surface area contributed by atoms with Crippen LogP contribution in [0.4, 0.5) is 17.5 Å². The minimum atomic E-state index is 0. The van der Waals surface area contributed by atoms with Crippen LogP contribution in [0.15, 0.2) is 22.8 Å². The second-order valence-electron chi connectivity index (χ2n) is 7.03. The summed E-state index contributed by atoms with van der Waals surface area (Å²) in [4.78, 5) is 15.7. The molecule has 27 heavy (non-hydrogen) atoms. The second kappa shape index (κ2) is 8.68. The van der Waals surface area contributed by atoms with Gasteiger partial charge < -0.3 is 22.1 Å². The molecule has 6 N–H and O–H groups in total. The lowest BCUT2D eigenvalue weighted by Crippen LogP contribution is -2.26. The number of hydrogen-bond donors (Lipinski definition) is 3. The molecule has 2 aromatic rings. The highest BCUT2D eigenvalue weighted by molar-refractivity contribution is 9.10. The molecule has 0 aromatic carbocycles. The molecular weight excluding hydrogens is 430 g/mol. The van der Waals surface area contributed by atoms with E-state index in [1.165, 1.54) is 25.7 Å². The summed E-state index contributed by atoms with van der Waals surface area (Å²) in [5.41, 5.74) is 7.99. The molecule has 2 aromatic heterocycles. The summed E-state index contributed by atoms with van der Waals surface area (Å²) in [5.74, 6) is 1.70. The van der Waals surface area contributed by atoms with E-state index in [1.807, 2.05) is 18.3 Å². The lowest BCUT2D eigenvalue weighted by atomic mass is 10.0. The van der Waals surface area contributed by atoms with Gasteiger partial charge in [-0.25, -0.2) is 15.0 Å². The molecule has 0 spiro atoms. The lowest BCUT2D eigenvalue weighted by Gasteiger charge is -2.19. The van der Waals surface area contributed by atoms with Crippen LogP contribution >= 0.6 is 27.5 Å². The molecule has 1 saturated heterocycles. The maximum atomic E-state index is 6.40. The van der Waals surface area contributed by atoms with Crippen molar-refractivity contribution in [2.45, 2.75) is 44.1 Å². The minimum Gasteiger partial charge on any atom is -0.367 e. The van der Waals surface area contributed by atoms with E-state index in [9.17, 15) is 0 Å². The molecule has 1 aliphatic heterocycles. The van der Waals surface area contributed by atoms with Gasteiger partial charge >= 0.3 is 0 Å². The molecule has 146 valence electrons. The fourth-order valence-corrected chi connectivity index (χ4v) is 4.57. The van der Waals surface area contributed by atoms with Gasteiger partial charge in [0.05, 0.1) is 15.9 Å². The van der Waals surface area contributed by atoms with Crippen molar-refractivity contribution in [1.82, 2.24) is 21.1 Å². The molecule has 2 aliphatic rings. The SMILES string of the molecule is N.NC1CCN(c2ccc(Nc3ncc(Br)c(C4CCCC4)n3)nc2Cl)C1. The number of nitrogens with zero attached hydrogens (tertiary/aromatic N) is 4. The molecule has 1 atom stereocenters. The van der Waals surface area contributed by atoms with Crippen LogP contribution in [0.5, 0.6) is 0 Å². The van der Waals surface area contributed by atoms with Gasteiger partial charge in [-0.05, 0) is 47.3 Å². The maximum Gasteiger partial charge on any atom is 0.228 e. The molecular formula is C18H25BrClN7. The van der Waals surface area contributed by atoms with Crippen molar-refractivity contribution in [1.29, 1.82) is 0 Å².